The fourth-order valence-corrected chi connectivity index (χ4v) is 1.91. The second-order valence-corrected chi connectivity index (χ2v) is 5.18. The van der Waals surface area contributed by atoms with Gasteiger partial charge in [0.15, 0.2) is 5.11 Å². The Morgan fingerprint density at radius 2 is 1.95 bits per heavy atom. The number of hydrogen-bond acceptors (Lipinski definition) is 5. The van der Waals surface area contributed by atoms with Crippen LogP contribution in [-0.2, 0) is 4.74 Å². The molecule has 0 aromatic heterocycles. The molecule has 0 aromatic carbocycles. The van der Waals surface area contributed by atoms with Crippen LogP contribution < -0.4 is 11.1 Å². The van der Waals surface area contributed by atoms with Gasteiger partial charge >= 0.3 is 6.18 Å². The summed E-state index contributed by atoms with van der Waals surface area (Å²) in [6.45, 7) is -0.249. The Bertz CT molecular complexity index is 356. The first-order valence-corrected chi connectivity index (χ1v) is 6.24. The molecule has 6 nitrogen and oxygen atoms in total. The Balaban J connectivity index is 2.70. The van der Waals surface area contributed by atoms with E-state index in [1.54, 1.807) is 19.0 Å². The van der Waals surface area contributed by atoms with E-state index in [0.29, 0.717) is 0 Å². The Labute approximate surface area is 119 Å². The Morgan fingerprint density at radius 3 is 2.40 bits per heavy atom. The van der Waals surface area contributed by atoms with Crippen LogP contribution in [0.15, 0.2) is 0 Å². The third kappa shape index (κ3) is 3.92. The summed E-state index contributed by atoms with van der Waals surface area (Å²) in [5.41, 5.74) is 5.00. The molecule has 0 amide bonds. The number of rotatable bonds is 2. The summed E-state index contributed by atoms with van der Waals surface area (Å²) in [6, 6.07) is -3.18. The van der Waals surface area contributed by atoms with Gasteiger partial charge < -0.3 is 30.9 Å². The fraction of sp³-hybridized carbons (Fsp3) is 0.900. The van der Waals surface area contributed by atoms with Gasteiger partial charge in [-0.25, -0.2) is 0 Å². The number of thiocarbonyl (C=S) groups is 1. The van der Waals surface area contributed by atoms with Gasteiger partial charge in [-0.2, -0.15) is 13.2 Å². The first-order chi connectivity index (χ1) is 9.05. The molecule has 1 saturated heterocycles. The predicted octanol–water partition coefficient (Wildman–Crippen LogP) is -1.20. The number of nitrogens with two attached hydrogens (primary N) is 1. The van der Waals surface area contributed by atoms with Crippen LogP contribution >= 0.6 is 12.2 Å². The van der Waals surface area contributed by atoms with Gasteiger partial charge in [-0.1, -0.05) is 0 Å². The lowest BCUT2D eigenvalue weighted by molar-refractivity contribution is -0.219. The van der Waals surface area contributed by atoms with Crippen LogP contribution in [0.2, 0.25) is 0 Å². The van der Waals surface area contributed by atoms with Crippen molar-refractivity contribution in [2.45, 2.75) is 36.6 Å². The van der Waals surface area contributed by atoms with Crippen molar-refractivity contribution >= 4 is 17.3 Å². The summed E-state index contributed by atoms with van der Waals surface area (Å²) >= 11 is 4.95. The van der Waals surface area contributed by atoms with Gasteiger partial charge in [0.1, 0.15) is 24.4 Å². The topological polar surface area (TPSA) is 91.0 Å². The second kappa shape index (κ2) is 6.39. The van der Waals surface area contributed by atoms with Crippen molar-refractivity contribution in [2.75, 3.05) is 20.7 Å². The molecule has 0 aromatic rings. The number of halogens is 3. The maximum absolute atomic E-state index is 12.5. The van der Waals surface area contributed by atoms with Crippen LogP contribution in [0.4, 0.5) is 13.2 Å². The molecular weight excluding hydrogens is 299 g/mol. The molecule has 1 aliphatic rings. The van der Waals surface area contributed by atoms with Gasteiger partial charge in [-0.05, 0) is 12.2 Å². The van der Waals surface area contributed by atoms with Gasteiger partial charge in [0.05, 0.1) is 12.6 Å². The zero-order valence-corrected chi connectivity index (χ0v) is 11.8. The van der Waals surface area contributed by atoms with E-state index < -0.39 is 36.6 Å². The minimum Gasteiger partial charge on any atom is -0.388 e. The first-order valence-electron chi connectivity index (χ1n) is 5.83. The number of alkyl halides is 3. The van der Waals surface area contributed by atoms with Gasteiger partial charge in [-0.15, -0.1) is 0 Å². The average Bonchev–Trinajstić information content (AvgIpc) is 2.33. The van der Waals surface area contributed by atoms with E-state index in [4.69, 9.17) is 22.7 Å². The van der Waals surface area contributed by atoms with E-state index in [0.717, 1.165) is 0 Å². The van der Waals surface area contributed by atoms with E-state index in [1.165, 1.54) is 0 Å². The van der Waals surface area contributed by atoms with Gasteiger partial charge in [0, 0.05) is 14.1 Å². The molecule has 1 heterocycles. The van der Waals surface area contributed by atoms with Gasteiger partial charge in [0.2, 0.25) is 0 Å². The van der Waals surface area contributed by atoms with Crippen molar-refractivity contribution in [2.24, 2.45) is 5.73 Å². The summed E-state index contributed by atoms with van der Waals surface area (Å²) in [7, 11) is 3.31. The van der Waals surface area contributed by atoms with Crippen LogP contribution in [0.5, 0.6) is 0 Å². The van der Waals surface area contributed by atoms with E-state index in [9.17, 15) is 23.4 Å². The molecule has 5 atom stereocenters. The van der Waals surface area contributed by atoms with Crippen molar-refractivity contribution < 1.29 is 28.1 Å². The van der Waals surface area contributed by atoms with Crippen LogP contribution in [0.25, 0.3) is 0 Å². The third-order valence-corrected chi connectivity index (χ3v) is 3.50. The molecule has 5 unspecified atom stereocenters. The molecule has 0 spiro atoms. The minimum atomic E-state index is -4.72. The smallest absolute Gasteiger partial charge is 0.388 e. The third-order valence-electron chi connectivity index (χ3n) is 3.01. The molecule has 10 heteroatoms. The fourth-order valence-electron chi connectivity index (χ4n) is 1.76. The molecule has 0 radical (unpaired) electrons. The average molecular weight is 317 g/mol. The lowest BCUT2D eigenvalue weighted by atomic mass is 9.93. The number of aliphatic hydroxyl groups excluding tert-OH is 2. The predicted molar refractivity (Wildman–Crippen MR) is 69.0 cm³/mol. The monoisotopic (exact) mass is 317 g/mol. The highest BCUT2D eigenvalue weighted by atomic mass is 32.1. The van der Waals surface area contributed by atoms with Crippen LogP contribution in [0.3, 0.4) is 0 Å². The van der Waals surface area contributed by atoms with E-state index >= 15 is 0 Å². The van der Waals surface area contributed by atoms with E-state index in [2.05, 4.69) is 5.32 Å². The summed E-state index contributed by atoms with van der Waals surface area (Å²) in [4.78, 5) is 1.54. The van der Waals surface area contributed by atoms with E-state index in [-0.39, 0.29) is 11.7 Å². The summed E-state index contributed by atoms with van der Waals surface area (Å²) < 4.78 is 42.5. The minimum absolute atomic E-state index is 0.249. The zero-order valence-electron chi connectivity index (χ0n) is 11.0. The van der Waals surface area contributed by atoms with Crippen molar-refractivity contribution in [3.63, 3.8) is 0 Å². The lowest BCUT2D eigenvalue weighted by Crippen LogP contribution is -2.65. The number of hydrogen-bond donors (Lipinski definition) is 4. The Kier molecular flexibility index (Phi) is 5.55. The molecule has 0 aliphatic carbocycles. The number of ether oxygens (including phenoxy) is 1. The lowest BCUT2D eigenvalue weighted by Gasteiger charge is -2.41. The van der Waals surface area contributed by atoms with Gasteiger partial charge in [-0.3, -0.25) is 0 Å². The molecule has 5 N–H and O–H groups in total. The zero-order chi connectivity index (χ0) is 15.7. The quantitative estimate of drug-likeness (QED) is 0.476. The van der Waals surface area contributed by atoms with Crippen molar-refractivity contribution in [1.82, 2.24) is 10.2 Å². The number of nitrogens with one attached hydrogen (secondary N) is 1. The van der Waals surface area contributed by atoms with E-state index in [1.807, 2.05) is 0 Å². The van der Waals surface area contributed by atoms with Crippen molar-refractivity contribution in [1.29, 1.82) is 0 Å². The highest BCUT2D eigenvalue weighted by Crippen LogP contribution is 2.27. The highest BCUT2D eigenvalue weighted by molar-refractivity contribution is 7.80. The highest BCUT2D eigenvalue weighted by Gasteiger charge is 2.50. The molecule has 1 rings (SSSR count). The Morgan fingerprint density at radius 1 is 1.40 bits per heavy atom. The Hall–Kier alpha value is -0.680. The maximum Gasteiger partial charge on any atom is 0.406 e. The first kappa shape index (κ1) is 17.4. The van der Waals surface area contributed by atoms with Crippen molar-refractivity contribution in [3.8, 4) is 0 Å². The largest absolute Gasteiger partial charge is 0.406 e. The summed E-state index contributed by atoms with van der Waals surface area (Å²) in [6.07, 6.45) is -9.66. The summed E-state index contributed by atoms with van der Waals surface area (Å²) in [5.74, 6) is 0. The van der Waals surface area contributed by atoms with Crippen molar-refractivity contribution in [3.05, 3.63) is 0 Å². The molecule has 118 valence electrons. The molecule has 0 bridgehead atoms. The SMILES string of the molecule is CN(C)C(=S)NC1COC(C(N)C(F)(F)F)C(O)C1O. The molecule has 1 aliphatic heterocycles. The van der Waals surface area contributed by atoms with Crippen LogP contribution in [0, 0.1) is 0 Å². The molecule has 0 saturated carbocycles. The number of nitrogens with zero attached hydrogens (tertiary/aromatic N) is 1. The second-order valence-electron chi connectivity index (χ2n) is 4.80. The maximum atomic E-state index is 12.5. The number of aliphatic hydroxyl groups is 2. The van der Waals surface area contributed by atoms with Crippen LogP contribution in [0.1, 0.15) is 0 Å². The standard InChI is InChI=1S/C10H18F3N3O3S/c1-16(2)9(20)15-4-3-19-7(6(18)5(4)17)8(14)10(11,12)13/h4-8,17-18H,3,14H2,1-2H3,(H,15,20). The van der Waals surface area contributed by atoms with Crippen LogP contribution in [-0.4, -0.2) is 77.5 Å². The molecular formula is C10H18F3N3O3S. The molecule has 1 fully saturated rings. The summed E-state index contributed by atoms with van der Waals surface area (Å²) in [5, 5.41) is 22.6. The molecule has 20 heavy (non-hydrogen) atoms. The van der Waals surface area contributed by atoms with Gasteiger partial charge in [0.25, 0.3) is 0 Å². The normalized spacial score (nSPS) is 32.6.